The van der Waals surface area contributed by atoms with Gasteiger partial charge in [-0.3, -0.25) is 5.41 Å². The van der Waals surface area contributed by atoms with Gasteiger partial charge in [-0.25, -0.2) is 0 Å². The SMILES string of the molecule is N=C1Cc2ccccc2C1=N. The maximum Gasteiger partial charge on any atom is 0.0826 e. The van der Waals surface area contributed by atoms with Crippen LogP contribution < -0.4 is 0 Å². The second-order valence-corrected chi connectivity index (χ2v) is 2.69. The van der Waals surface area contributed by atoms with Crippen LogP contribution in [0.25, 0.3) is 0 Å². The third-order valence-electron chi connectivity index (χ3n) is 1.96. The molecule has 11 heavy (non-hydrogen) atoms. The molecule has 2 N–H and O–H groups in total. The fraction of sp³-hybridized carbons (Fsp3) is 0.111. The quantitative estimate of drug-likeness (QED) is 0.556. The standard InChI is InChI=1S/C9H8N2/c10-8-5-6-3-1-2-4-7(6)9(8)11/h1-4,10-11H,5H2. The van der Waals surface area contributed by atoms with Crippen LogP contribution in [-0.2, 0) is 6.42 Å². The molecule has 0 radical (unpaired) electrons. The van der Waals surface area contributed by atoms with Crippen molar-refractivity contribution in [3.05, 3.63) is 35.4 Å². The Labute approximate surface area is 64.9 Å². The van der Waals surface area contributed by atoms with Crippen LogP contribution in [0.5, 0.6) is 0 Å². The molecule has 0 fully saturated rings. The Morgan fingerprint density at radius 1 is 1.09 bits per heavy atom. The van der Waals surface area contributed by atoms with Crippen LogP contribution in [0.1, 0.15) is 11.1 Å². The van der Waals surface area contributed by atoms with Gasteiger partial charge in [0.05, 0.1) is 11.4 Å². The highest BCUT2D eigenvalue weighted by atomic mass is 14.6. The van der Waals surface area contributed by atoms with Crippen molar-refractivity contribution in [1.29, 1.82) is 10.8 Å². The summed E-state index contributed by atoms with van der Waals surface area (Å²) in [6.07, 6.45) is 0.634. The van der Waals surface area contributed by atoms with E-state index in [9.17, 15) is 0 Å². The van der Waals surface area contributed by atoms with Crippen LogP contribution in [0.2, 0.25) is 0 Å². The van der Waals surface area contributed by atoms with Crippen molar-refractivity contribution in [2.24, 2.45) is 0 Å². The first-order valence-corrected chi connectivity index (χ1v) is 3.53. The summed E-state index contributed by atoms with van der Waals surface area (Å²) < 4.78 is 0. The number of benzene rings is 1. The average molecular weight is 144 g/mol. The van der Waals surface area contributed by atoms with Gasteiger partial charge >= 0.3 is 0 Å². The molecule has 0 saturated heterocycles. The fourth-order valence-corrected chi connectivity index (χ4v) is 1.36. The van der Waals surface area contributed by atoms with E-state index in [1.807, 2.05) is 24.3 Å². The minimum atomic E-state index is 0.389. The van der Waals surface area contributed by atoms with Crippen molar-refractivity contribution in [2.75, 3.05) is 0 Å². The molecule has 0 aliphatic heterocycles. The van der Waals surface area contributed by atoms with E-state index in [2.05, 4.69) is 0 Å². The zero-order valence-corrected chi connectivity index (χ0v) is 6.02. The average Bonchev–Trinajstić information content (AvgIpc) is 2.30. The summed E-state index contributed by atoms with van der Waals surface area (Å²) in [4.78, 5) is 0. The Balaban J connectivity index is 2.64. The molecule has 1 aliphatic rings. The lowest BCUT2D eigenvalue weighted by Gasteiger charge is -1.93. The molecular formula is C9H8N2. The van der Waals surface area contributed by atoms with E-state index in [-0.39, 0.29) is 0 Å². The van der Waals surface area contributed by atoms with Crippen molar-refractivity contribution in [1.82, 2.24) is 0 Å². The molecule has 0 heterocycles. The number of hydrogen-bond donors (Lipinski definition) is 2. The van der Waals surface area contributed by atoms with E-state index < -0.39 is 0 Å². The van der Waals surface area contributed by atoms with E-state index in [1.54, 1.807) is 0 Å². The summed E-state index contributed by atoms with van der Waals surface area (Å²) in [7, 11) is 0. The van der Waals surface area contributed by atoms with Crippen molar-refractivity contribution >= 4 is 11.4 Å². The Hall–Kier alpha value is -1.44. The van der Waals surface area contributed by atoms with Gasteiger partial charge < -0.3 is 5.41 Å². The zero-order valence-electron chi connectivity index (χ0n) is 6.02. The van der Waals surface area contributed by atoms with Crippen LogP contribution in [0.15, 0.2) is 24.3 Å². The Bertz CT molecular complexity index is 339. The highest BCUT2D eigenvalue weighted by molar-refractivity contribution is 6.49. The highest BCUT2D eigenvalue weighted by Gasteiger charge is 2.19. The number of rotatable bonds is 0. The van der Waals surface area contributed by atoms with E-state index >= 15 is 0 Å². The molecule has 0 aromatic heterocycles. The van der Waals surface area contributed by atoms with E-state index in [0.29, 0.717) is 17.8 Å². The van der Waals surface area contributed by atoms with Gasteiger partial charge in [0.25, 0.3) is 0 Å². The second-order valence-electron chi connectivity index (χ2n) is 2.69. The van der Waals surface area contributed by atoms with Crippen LogP contribution in [0.3, 0.4) is 0 Å². The van der Waals surface area contributed by atoms with Gasteiger partial charge in [-0.15, -0.1) is 0 Å². The predicted molar refractivity (Wildman–Crippen MR) is 44.7 cm³/mol. The second kappa shape index (κ2) is 2.02. The lowest BCUT2D eigenvalue weighted by Crippen LogP contribution is -2.04. The first-order valence-electron chi connectivity index (χ1n) is 3.53. The van der Waals surface area contributed by atoms with Gasteiger partial charge in [-0.05, 0) is 5.56 Å². The van der Waals surface area contributed by atoms with E-state index in [1.165, 1.54) is 0 Å². The van der Waals surface area contributed by atoms with Crippen LogP contribution in [0, 0.1) is 10.8 Å². The molecule has 0 bridgehead atoms. The normalized spacial score (nSPS) is 15.3. The summed E-state index contributed by atoms with van der Waals surface area (Å²) in [5.41, 5.74) is 2.87. The molecular weight excluding hydrogens is 136 g/mol. The summed E-state index contributed by atoms with van der Waals surface area (Å²) in [6, 6.07) is 7.74. The molecule has 1 aromatic carbocycles. The minimum Gasteiger partial charge on any atom is -0.303 e. The van der Waals surface area contributed by atoms with Crippen molar-refractivity contribution in [3.8, 4) is 0 Å². The summed E-state index contributed by atoms with van der Waals surface area (Å²) >= 11 is 0. The monoisotopic (exact) mass is 144 g/mol. The third-order valence-corrected chi connectivity index (χ3v) is 1.96. The van der Waals surface area contributed by atoms with Gasteiger partial charge in [-0.1, -0.05) is 24.3 Å². The first kappa shape index (κ1) is 6.28. The highest BCUT2D eigenvalue weighted by Crippen LogP contribution is 2.18. The van der Waals surface area contributed by atoms with Gasteiger partial charge in [-0.2, -0.15) is 0 Å². The number of nitrogens with one attached hydrogen (secondary N) is 2. The van der Waals surface area contributed by atoms with E-state index in [0.717, 1.165) is 11.1 Å². The maximum absolute atomic E-state index is 7.51. The number of hydrogen-bond acceptors (Lipinski definition) is 2. The molecule has 0 spiro atoms. The van der Waals surface area contributed by atoms with Crippen molar-refractivity contribution < 1.29 is 0 Å². The molecule has 0 amide bonds. The molecule has 1 aliphatic carbocycles. The summed E-state index contributed by atoms with van der Waals surface area (Å²) in [6.45, 7) is 0. The molecule has 2 nitrogen and oxygen atoms in total. The molecule has 0 saturated carbocycles. The molecule has 2 rings (SSSR count). The lowest BCUT2D eigenvalue weighted by molar-refractivity contribution is 1.34. The van der Waals surface area contributed by atoms with E-state index in [4.69, 9.17) is 10.8 Å². The molecule has 0 atom stereocenters. The van der Waals surface area contributed by atoms with Crippen molar-refractivity contribution in [3.63, 3.8) is 0 Å². The maximum atomic E-state index is 7.51. The zero-order chi connectivity index (χ0) is 7.84. The Morgan fingerprint density at radius 3 is 2.55 bits per heavy atom. The predicted octanol–water partition coefficient (Wildman–Crippen LogP) is 1.63. The van der Waals surface area contributed by atoms with Crippen molar-refractivity contribution in [2.45, 2.75) is 6.42 Å². The van der Waals surface area contributed by atoms with Crippen LogP contribution >= 0.6 is 0 Å². The molecule has 0 unspecified atom stereocenters. The van der Waals surface area contributed by atoms with Gasteiger partial charge in [0.2, 0.25) is 0 Å². The first-order chi connectivity index (χ1) is 5.29. The summed E-state index contributed by atoms with van der Waals surface area (Å²) in [5.74, 6) is 0. The Morgan fingerprint density at radius 2 is 1.82 bits per heavy atom. The van der Waals surface area contributed by atoms with Gasteiger partial charge in [0.1, 0.15) is 0 Å². The largest absolute Gasteiger partial charge is 0.303 e. The minimum absolute atomic E-state index is 0.389. The fourth-order valence-electron chi connectivity index (χ4n) is 1.36. The van der Waals surface area contributed by atoms with Gasteiger partial charge in [0.15, 0.2) is 0 Å². The third kappa shape index (κ3) is 0.792. The topological polar surface area (TPSA) is 47.7 Å². The molecule has 54 valence electrons. The van der Waals surface area contributed by atoms with Gasteiger partial charge in [0, 0.05) is 12.0 Å². The smallest absolute Gasteiger partial charge is 0.0826 e. The number of fused-ring (bicyclic) bond motifs is 1. The molecule has 1 aromatic rings. The lowest BCUT2D eigenvalue weighted by atomic mass is 10.1. The molecule has 2 heteroatoms. The Kier molecular flexibility index (Phi) is 1.15. The van der Waals surface area contributed by atoms with Crippen LogP contribution in [0.4, 0.5) is 0 Å². The summed E-state index contributed by atoms with van der Waals surface area (Å²) in [5, 5.41) is 14.9. The van der Waals surface area contributed by atoms with Crippen LogP contribution in [-0.4, -0.2) is 11.4 Å².